The lowest BCUT2D eigenvalue weighted by atomic mass is 10.1. The van der Waals surface area contributed by atoms with Gasteiger partial charge in [0, 0.05) is 37.1 Å². The Morgan fingerprint density at radius 2 is 1.66 bits per heavy atom. The Balaban J connectivity index is 1.48. The van der Waals surface area contributed by atoms with Crippen LogP contribution in [0.5, 0.6) is 0 Å². The molecule has 0 unspecified atom stereocenters. The van der Waals surface area contributed by atoms with Crippen LogP contribution in [0.15, 0.2) is 52.7 Å². The van der Waals surface area contributed by atoms with Gasteiger partial charge in [-0.3, -0.25) is 0 Å². The number of benzene rings is 2. The van der Waals surface area contributed by atoms with Crippen molar-refractivity contribution in [1.82, 2.24) is 9.29 Å². The van der Waals surface area contributed by atoms with Crippen LogP contribution < -0.4 is 4.90 Å². The molecule has 2 heterocycles. The van der Waals surface area contributed by atoms with Gasteiger partial charge in [0.2, 0.25) is 10.0 Å². The molecule has 3 aromatic rings. The smallest absolute Gasteiger partial charge is 0.244 e. The lowest BCUT2D eigenvalue weighted by Crippen LogP contribution is -2.48. The molecule has 0 saturated carbocycles. The molecule has 0 N–H and O–H groups in total. The summed E-state index contributed by atoms with van der Waals surface area (Å²) in [6, 6.07) is 13.0. The molecule has 152 valence electrons. The van der Waals surface area contributed by atoms with Crippen LogP contribution in [0.1, 0.15) is 11.1 Å². The second-order valence-electron chi connectivity index (χ2n) is 7.21. The fourth-order valence-electron chi connectivity index (χ4n) is 3.58. The summed E-state index contributed by atoms with van der Waals surface area (Å²) in [6.45, 7) is 6.19. The average Bonchev–Trinajstić information content (AvgIpc) is 3.18. The molecule has 1 fully saturated rings. The van der Waals surface area contributed by atoms with E-state index in [1.165, 1.54) is 15.4 Å². The Hall–Kier alpha value is -1.93. The minimum absolute atomic E-state index is 0.168. The number of aromatic nitrogens is 1. The van der Waals surface area contributed by atoms with E-state index in [4.69, 9.17) is 16.6 Å². The summed E-state index contributed by atoms with van der Waals surface area (Å²) in [6.07, 6.45) is 0. The summed E-state index contributed by atoms with van der Waals surface area (Å²) in [4.78, 5) is 7.12. The molecule has 1 aromatic heterocycles. The molecule has 0 bridgehead atoms. The zero-order valence-electron chi connectivity index (χ0n) is 16.3. The average molecular weight is 448 g/mol. The van der Waals surface area contributed by atoms with Crippen molar-refractivity contribution in [2.24, 2.45) is 0 Å². The molecule has 0 atom stereocenters. The topological polar surface area (TPSA) is 53.5 Å². The van der Waals surface area contributed by atoms with Crippen molar-refractivity contribution < 1.29 is 8.42 Å². The molecule has 1 saturated heterocycles. The van der Waals surface area contributed by atoms with Crippen molar-refractivity contribution >= 4 is 38.1 Å². The second kappa shape index (κ2) is 8.07. The number of piperazine rings is 1. The third kappa shape index (κ3) is 4.19. The number of hydrogen-bond acceptors (Lipinski definition) is 5. The van der Waals surface area contributed by atoms with Gasteiger partial charge in [-0.25, -0.2) is 13.4 Å². The first-order chi connectivity index (χ1) is 13.8. The van der Waals surface area contributed by atoms with Crippen LogP contribution >= 0.6 is 22.9 Å². The maximum Gasteiger partial charge on any atom is 0.244 e. The normalized spacial score (nSPS) is 15.6. The predicted octanol–water partition coefficient (Wildman–Crippen LogP) is 4.59. The molecular weight excluding hydrogens is 426 g/mol. The van der Waals surface area contributed by atoms with Gasteiger partial charge in [-0.05, 0) is 38.1 Å². The molecule has 0 aliphatic carbocycles. The third-order valence-electron chi connectivity index (χ3n) is 4.97. The number of halogens is 1. The van der Waals surface area contributed by atoms with Gasteiger partial charge in [0.1, 0.15) is 4.90 Å². The third-order valence-corrected chi connectivity index (χ3v) is 8.27. The molecule has 29 heavy (non-hydrogen) atoms. The van der Waals surface area contributed by atoms with Crippen LogP contribution in [-0.2, 0) is 10.0 Å². The van der Waals surface area contributed by atoms with E-state index in [0.717, 1.165) is 16.4 Å². The first-order valence-corrected chi connectivity index (χ1v) is 12.1. The number of thiazole rings is 1. The standard InChI is InChI=1S/C21H22ClN3O2S2/c1-15-11-16(2)13-17(12-15)19-14-28-21(23-19)24-7-9-25(10-8-24)29(26,27)20-6-4-3-5-18(20)22/h3-6,11-14H,7-10H2,1-2H3. The van der Waals surface area contributed by atoms with Gasteiger partial charge >= 0.3 is 0 Å². The summed E-state index contributed by atoms with van der Waals surface area (Å²) < 4.78 is 27.3. The van der Waals surface area contributed by atoms with Gasteiger partial charge in [-0.1, -0.05) is 40.9 Å². The molecule has 0 amide bonds. The fraction of sp³-hybridized carbons (Fsp3) is 0.286. The quantitative estimate of drug-likeness (QED) is 0.586. The lowest BCUT2D eigenvalue weighted by Gasteiger charge is -2.33. The first-order valence-electron chi connectivity index (χ1n) is 9.38. The summed E-state index contributed by atoms with van der Waals surface area (Å²) >= 11 is 7.71. The first kappa shape index (κ1) is 20.3. The minimum atomic E-state index is -3.59. The highest BCUT2D eigenvalue weighted by Crippen LogP contribution is 2.30. The Bertz CT molecular complexity index is 1120. The van der Waals surface area contributed by atoms with Crippen molar-refractivity contribution in [3.63, 3.8) is 0 Å². The van der Waals surface area contributed by atoms with Gasteiger partial charge in [0.25, 0.3) is 0 Å². The molecule has 8 heteroatoms. The SMILES string of the molecule is Cc1cc(C)cc(-c2csc(N3CCN(S(=O)(=O)c4ccccc4Cl)CC3)n2)c1. The van der Waals surface area contributed by atoms with E-state index in [1.807, 2.05) is 0 Å². The van der Waals surface area contributed by atoms with Gasteiger partial charge in [-0.15, -0.1) is 11.3 Å². The number of aryl methyl sites for hydroxylation is 2. The summed E-state index contributed by atoms with van der Waals surface area (Å²) in [5.74, 6) is 0. The zero-order chi connectivity index (χ0) is 20.6. The molecule has 1 aliphatic heterocycles. The maximum atomic E-state index is 12.9. The molecule has 2 aromatic carbocycles. The number of hydrogen-bond donors (Lipinski definition) is 0. The van der Waals surface area contributed by atoms with Crippen molar-refractivity contribution in [1.29, 1.82) is 0 Å². The molecule has 5 nitrogen and oxygen atoms in total. The summed E-state index contributed by atoms with van der Waals surface area (Å²) in [5.41, 5.74) is 4.51. The Morgan fingerprint density at radius 1 is 1.00 bits per heavy atom. The zero-order valence-corrected chi connectivity index (χ0v) is 18.7. The van der Waals surface area contributed by atoms with Crippen LogP contribution in [0.4, 0.5) is 5.13 Å². The highest BCUT2D eigenvalue weighted by molar-refractivity contribution is 7.89. The van der Waals surface area contributed by atoms with Crippen LogP contribution in [0, 0.1) is 13.8 Å². The van der Waals surface area contributed by atoms with Crippen molar-refractivity contribution in [3.05, 3.63) is 64.0 Å². The number of anilines is 1. The molecule has 1 aliphatic rings. The van der Waals surface area contributed by atoms with E-state index >= 15 is 0 Å². The van der Waals surface area contributed by atoms with Crippen molar-refractivity contribution in [2.75, 3.05) is 31.1 Å². The van der Waals surface area contributed by atoms with E-state index in [0.29, 0.717) is 26.2 Å². The molecule has 4 rings (SSSR count). The Labute approximate surface area is 180 Å². The van der Waals surface area contributed by atoms with Crippen LogP contribution in [-0.4, -0.2) is 43.9 Å². The van der Waals surface area contributed by atoms with E-state index in [2.05, 4.69) is 42.3 Å². The number of rotatable bonds is 4. The van der Waals surface area contributed by atoms with E-state index in [9.17, 15) is 8.42 Å². The number of sulfonamides is 1. The van der Waals surface area contributed by atoms with Crippen LogP contribution in [0.2, 0.25) is 5.02 Å². The highest BCUT2D eigenvalue weighted by Gasteiger charge is 2.30. The second-order valence-corrected chi connectivity index (χ2v) is 10.4. The van der Waals surface area contributed by atoms with E-state index in [-0.39, 0.29) is 9.92 Å². The van der Waals surface area contributed by atoms with Crippen molar-refractivity contribution in [3.8, 4) is 11.3 Å². The van der Waals surface area contributed by atoms with Crippen molar-refractivity contribution in [2.45, 2.75) is 18.7 Å². The predicted molar refractivity (Wildman–Crippen MR) is 119 cm³/mol. The Morgan fingerprint density at radius 3 is 2.31 bits per heavy atom. The van der Waals surface area contributed by atoms with Crippen LogP contribution in [0.3, 0.4) is 0 Å². The molecule has 0 radical (unpaired) electrons. The lowest BCUT2D eigenvalue weighted by molar-refractivity contribution is 0.385. The molecular formula is C21H22ClN3O2S2. The summed E-state index contributed by atoms with van der Waals surface area (Å²) in [7, 11) is -3.59. The largest absolute Gasteiger partial charge is 0.345 e. The fourth-order valence-corrected chi connectivity index (χ4v) is 6.38. The van der Waals surface area contributed by atoms with Gasteiger partial charge in [0.05, 0.1) is 10.7 Å². The van der Waals surface area contributed by atoms with E-state index < -0.39 is 10.0 Å². The maximum absolute atomic E-state index is 12.9. The Kier molecular flexibility index (Phi) is 5.66. The minimum Gasteiger partial charge on any atom is -0.345 e. The van der Waals surface area contributed by atoms with Crippen LogP contribution in [0.25, 0.3) is 11.3 Å². The van der Waals surface area contributed by atoms with Gasteiger partial charge in [0.15, 0.2) is 5.13 Å². The van der Waals surface area contributed by atoms with Gasteiger partial charge in [-0.2, -0.15) is 4.31 Å². The number of nitrogens with zero attached hydrogens (tertiary/aromatic N) is 3. The highest BCUT2D eigenvalue weighted by atomic mass is 35.5. The van der Waals surface area contributed by atoms with E-state index in [1.54, 1.807) is 35.6 Å². The molecule has 0 spiro atoms. The monoisotopic (exact) mass is 447 g/mol. The summed E-state index contributed by atoms with van der Waals surface area (Å²) in [5, 5.41) is 3.25. The van der Waals surface area contributed by atoms with Gasteiger partial charge < -0.3 is 4.90 Å².